The Morgan fingerprint density at radius 1 is 0.636 bits per heavy atom. The average molecular weight is 383 g/mol. The van der Waals surface area contributed by atoms with Crippen molar-refractivity contribution in [1.29, 1.82) is 0 Å². The van der Waals surface area contributed by atoms with Crippen molar-refractivity contribution in [3.05, 3.63) is 0 Å². The van der Waals surface area contributed by atoms with Gasteiger partial charge in [0.25, 0.3) is 0 Å². The molecule has 22 heavy (non-hydrogen) atoms. The first-order chi connectivity index (χ1) is 9.55. The van der Waals surface area contributed by atoms with Crippen LogP contribution in [0.3, 0.4) is 0 Å². The molecule has 1 heterocycles. The molecular formula is C3H12N7O9P3. The third-order valence-electron chi connectivity index (χ3n) is 1.39. The summed E-state index contributed by atoms with van der Waals surface area (Å²) in [5, 5.41) is 0. The van der Waals surface area contributed by atoms with Crippen molar-refractivity contribution < 1.29 is 43.1 Å². The predicted octanol–water partition coefficient (Wildman–Crippen LogP) is -2.82. The van der Waals surface area contributed by atoms with Gasteiger partial charge in [-0.1, -0.05) is 0 Å². The highest BCUT2D eigenvalue weighted by molar-refractivity contribution is 7.79. The summed E-state index contributed by atoms with van der Waals surface area (Å²) in [6.07, 6.45) is 0. The van der Waals surface area contributed by atoms with E-state index in [2.05, 4.69) is 15.0 Å². The first-order valence-corrected chi connectivity index (χ1v) is 9.25. The van der Waals surface area contributed by atoms with Crippen LogP contribution in [-0.4, -0.2) is 48.5 Å². The number of hydrogen-bond acceptors (Lipinski definition) is 9. The zero-order valence-corrected chi connectivity index (χ0v) is 13.0. The molecule has 16 nitrogen and oxygen atoms in total. The van der Waals surface area contributed by atoms with E-state index < -0.39 is 27.5 Å². The minimum Gasteiger partial charge on any atom is -0.368 e. The van der Waals surface area contributed by atoms with Gasteiger partial charge in [0, 0.05) is 0 Å². The molecular weight excluding hydrogens is 371 g/mol. The summed E-state index contributed by atoms with van der Waals surface area (Å²) >= 11 is 0. The predicted molar refractivity (Wildman–Crippen MR) is 71.0 cm³/mol. The highest BCUT2D eigenvalue weighted by Gasteiger charge is 2.51. The standard InChI is InChI=1S/C3H6N6.H6NO9P3/c4-1-7-2(5)9-3(6)8-1;2-11(3,4)1(12(5,6)7)13(8,9)10/h(H6,4,5,6,7,8,9);(H2,2,3,4)(H2,5,6,7)(H2,8,9,10). The van der Waals surface area contributed by atoms with Gasteiger partial charge in [-0.15, -0.1) is 0 Å². The van der Waals surface area contributed by atoms with Crippen LogP contribution in [0.5, 0.6) is 0 Å². The SMILES string of the molecule is Nc1nc(N)nc(N)n1.O=P(O)(O)N(P(=O)(O)O)P(=O)(O)O. The fourth-order valence-electron chi connectivity index (χ4n) is 0.882. The van der Waals surface area contributed by atoms with Crippen LogP contribution in [0.15, 0.2) is 0 Å². The van der Waals surface area contributed by atoms with Crippen molar-refractivity contribution in [3.8, 4) is 0 Å². The van der Waals surface area contributed by atoms with Crippen LogP contribution >= 0.6 is 23.2 Å². The van der Waals surface area contributed by atoms with Gasteiger partial charge in [-0.25, -0.2) is 13.7 Å². The Morgan fingerprint density at radius 2 is 0.818 bits per heavy atom. The fourth-order valence-corrected chi connectivity index (χ4v) is 4.53. The molecule has 0 saturated heterocycles. The lowest BCUT2D eigenvalue weighted by molar-refractivity contribution is 0.270. The van der Waals surface area contributed by atoms with E-state index in [1.165, 1.54) is 0 Å². The molecule has 0 aliphatic carbocycles. The van der Waals surface area contributed by atoms with Gasteiger partial charge in [0.15, 0.2) is 0 Å². The van der Waals surface area contributed by atoms with Crippen LogP contribution in [0.1, 0.15) is 0 Å². The summed E-state index contributed by atoms with van der Waals surface area (Å²) in [6.45, 7) is 0. The molecule has 0 aromatic carbocycles. The van der Waals surface area contributed by atoms with Crippen molar-refractivity contribution in [2.75, 3.05) is 17.2 Å². The number of anilines is 3. The molecule has 1 rings (SSSR count). The van der Waals surface area contributed by atoms with Gasteiger partial charge in [0.2, 0.25) is 17.8 Å². The van der Waals surface area contributed by atoms with Crippen LogP contribution in [-0.2, 0) is 13.7 Å². The van der Waals surface area contributed by atoms with E-state index in [0.717, 1.165) is 0 Å². The maximum atomic E-state index is 10.3. The Hall–Kier alpha value is -1.18. The average Bonchev–Trinajstić information content (AvgIpc) is 2.05. The van der Waals surface area contributed by atoms with Gasteiger partial charge in [0.1, 0.15) is 0 Å². The maximum Gasteiger partial charge on any atom is 0.422 e. The number of aromatic nitrogens is 3. The quantitative estimate of drug-likeness (QED) is 0.238. The third-order valence-corrected chi connectivity index (χ3v) is 6.98. The van der Waals surface area contributed by atoms with Crippen LogP contribution in [0, 0.1) is 0 Å². The number of nitrogens with two attached hydrogens (primary N) is 3. The molecule has 0 amide bonds. The summed E-state index contributed by atoms with van der Waals surface area (Å²) in [5.74, 6) is 0.125. The van der Waals surface area contributed by atoms with Crippen molar-refractivity contribution in [2.24, 2.45) is 0 Å². The van der Waals surface area contributed by atoms with E-state index in [0.29, 0.717) is 0 Å². The van der Waals surface area contributed by atoms with E-state index in [1.54, 1.807) is 0 Å². The van der Waals surface area contributed by atoms with Gasteiger partial charge in [-0.3, -0.25) is 0 Å². The molecule has 12 N–H and O–H groups in total. The molecule has 0 radical (unpaired) electrons. The second-order valence-corrected chi connectivity index (χ2v) is 8.44. The lowest BCUT2D eigenvalue weighted by Crippen LogP contribution is -2.13. The smallest absolute Gasteiger partial charge is 0.368 e. The van der Waals surface area contributed by atoms with Gasteiger partial charge in [0.05, 0.1) is 0 Å². The third kappa shape index (κ3) is 7.20. The van der Waals surface area contributed by atoms with E-state index in [-0.39, 0.29) is 17.8 Å². The summed E-state index contributed by atoms with van der Waals surface area (Å²) in [6, 6.07) is 0. The lowest BCUT2D eigenvalue weighted by atomic mass is 10.9. The Morgan fingerprint density at radius 3 is 0.909 bits per heavy atom. The second kappa shape index (κ2) is 6.93. The van der Waals surface area contributed by atoms with E-state index in [9.17, 15) is 13.7 Å². The molecule has 0 aliphatic rings. The molecule has 1 aromatic rings. The molecule has 0 saturated carbocycles. The summed E-state index contributed by atoms with van der Waals surface area (Å²) in [4.78, 5) is 59.7. The highest BCUT2D eigenvalue weighted by atomic mass is 31.3. The Bertz CT molecular complexity index is 560. The Balaban J connectivity index is 0.000000425. The largest absolute Gasteiger partial charge is 0.422 e. The fraction of sp³-hybridized carbons (Fsp3) is 0. The number of nitrogen functional groups attached to an aromatic ring is 3. The van der Waals surface area contributed by atoms with Gasteiger partial charge < -0.3 is 46.6 Å². The number of nitrogens with zero attached hydrogens (tertiary/aromatic N) is 4. The summed E-state index contributed by atoms with van der Waals surface area (Å²) in [5.41, 5.74) is 15.4. The van der Waals surface area contributed by atoms with Crippen molar-refractivity contribution >= 4 is 41.1 Å². The monoisotopic (exact) mass is 383 g/mol. The lowest BCUT2D eigenvalue weighted by Gasteiger charge is -2.22. The summed E-state index contributed by atoms with van der Waals surface area (Å²) in [7, 11) is -17.1. The van der Waals surface area contributed by atoms with Gasteiger partial charge in [-0.05, 0) is 4.21 Å². The first kappa shape index (κ1) is 20.8. The minimum absolute atomic E-state index is 0.0417. The molecule has 19 heteroatoms. The van der Waals surface area contributed by atoms with Crippen LogP contribution in [0.4, 0.5) is 17.8 Å². The maximum absolute atomic E-state index is 10.3. The zero-order chi connectivity index (χ0) is 17.9. The van der Waals surface area contributed by atoms with E-state index in [1.807, 2.05) is 0 Å². The topological polar surface area (TPSA) is 293 Å². The van der Waals surface area contributed by atoms with Crippen molar-refractivity contribution in [2.45, 2.75) is 0 Å². The van der Waals surface area contributed by atoms with Crippen LogP contribution in [0.2, 0.25) is 0 Å². The molecule has 128 valence electrons. The van der Waals surface area contributed by atoms with Crippen LogP contribution < -0.4 is 17.2 Å². The van der Waals surface area contributed by atoms with E-state index >= 15 is 0 Å². The van der Waals surface area contributed by atoms with Crippen LogP contribution in [0.25, 0.3) is 0 Å². The zero-order valence-electron chi connectivity index (χ0n) is 10.3. The van der Waals surface area contributed by atoms with Crippen molar-refractivity contribution in [3.63, 3.8) is 0 Å². The highest BCUT2D eigenvalue weighted by Crippen LogP contribution is 2.71. The molecule has 0 atom stereocenters. The van der Waals surface area contributed by atoms with Gasteiger partial charge >= 0.3 is 23.2 Å². The number of hydrogen-bond donors (Lipinski definition) is 9. The molecule has 0 spiro atoms. The summed E-state index contributed by atoms with van der Waals surface area (Å²) < 4.78 is 29.3. The Kier molecular flexibility index (Phi) is 6.56. The minimum atomic E-state index is -5.71. The van der Waals surface area contributed by atoms with Crippen molar-refractivity contribution in [1.82, 2.24) is 19.2 Å². The van der Waals surface area contributed by atoms with Gasteiger partial charge in [-0.2, -0.15) is 15.0 Å². The molecule has 0 bridgehead atoms. The molecule has 0 fully saturated rings. The van der Waals surface area contributed by atoms with E-state index in [4.69, 9.17) is 46.6 Å². The molecule has 1 aromatic heterocycles. The second-order valence-electron chi connectivity index (χ2n) is 3.22. The Labute approximate surface area is 121 Å². The normalized spacial score (nSPS) is 12.7. The first-order valence-electron chi connectivity index (χ1n) is 4.56. The molecule has 0 unspecified atom stereocenters. The number of rotatable bonds is 3. The molecule has 0 aliphatic heterocycles.